The number of benzene rings is 1. The summed E-state index contributed by atoms with van der Waals surface area (Å²) in [4.78, 5) is 2.55. The maximum Gasteiger partial charge on any atom is 0.123 e. The summed E-state index contributed by atoms with van der Waals surface area (Å²) in [5.74, 6) is 1.79. The third kappa shape index (κ3) is 4.39. The molecule has 1 aromatic rings. The van der Waals surface area contributed by atoms with Crippen molar-refractivity contribution in [3.63, 3.8) is 0 Å². The lowest BCUT2D eigenvalue weighted by Gasteiger charge is -2.15. The van der Waals surface area contributed by atoms with Crippen LogP contribution in [-0.2, 0) is 6.54 Å². The molecule has 20 heavy (non-hydrogen) atoms. The zero-order chi connectivity index (χ0) is 14.2. The second kappa shape index (κ2) is 8.12. The highest BCUT2D eigenvalue weighted by molar-refractivity contribution is 5.40. The minimum Gasteiger partial charge on any atom is -0.497 e. The average molecular weight is 278 g/mol. The predicted molar refractivity (Wildman–Crippen MR) is 81.5 cm³/mol. The Morgan fingerprint density at radius 2 is 1.95 bits per heavy atom. The van der Waals surface area contributed by atoms with Crippen molar-refractivity contribution in [2.24, 2.45) is 0 Å². The van der Waals surface area contributed by atoms with Crippen molar-refractivity contribution in [3.8, 4) is 11.5 Å². The Kier molecular flexibility index (Phi) is 6.15. The number of nitrogens with zero attached hydrogens (tertiary/aromatic N) is 1. The topological polar surface area (TPSA) is 33.7 Å². The van der Waals surface area contributed by atoms with Crippen LogP contribution in [0.4, 0.5) is 0 Å². The summed E-state index contributed by atoms with van der Waals surface area (Å²) in [7, 11) is 3.40. The highest BCUT2D eigenvalue weighted by atomic mass is 16.5. The Morgan fingerprint density at radius 3 is 2.65 bits per heavy atom. The van der Waals surface area contributed by atoms with Gasteiger partial charge in [0.2, 0.25) is 0 Å². The number of methoxy groups -OCH3 is 2. The molecule has 1 heterocycles. The molecule has 1 aromatic carbocycles. The molecule has 1 fully saturated rings. The van der Waals surface area contributed by atoms with Crippen molar-refractivity contribution in [3.05, 3.63) is 23.8 Å². The fourth-order valence-electron chi connectivity index (χ4n) is 2.68. The second-order valence-electron chi connectivity index (χ2n) is 5.26. The summed E-state index contributed by atoms with van der Waals surface area (Å²) in [6, 6.07) is 5.92. The largest absolute Gasteiger partial charge is 0.497 e. The molecule has 0 bridgehead atoms. The van der Waals surface area contributed by atoms with Crippen molar-refractivity contribution in [1.29, 1.82) is 0 Å². The van der Waals surface area contributed by atoms with Gasteiger partial charge in [0.1, 0.15) is 11.5 Å². The van der Waals surface area contributed by atoms with E-state index in [9.17, 15) is 0 Å². The van der Waals surface area contributed by atoms with E-state index in [-0.39, 0.29) is 0 Å². The van der Waals surface area contributed by atoms with Crippen LogP contribution in [0.5, 0.6) is 11.5 Å². The molecule has 0 unspecified atom stereocenters. The van der Waals surface area contributed by atoms with Crippen LogP contribution in [0.2, 0.25) is 0 Å². The van der Waals surface area contributed by atoms with Gasteiger partial charge in [0.25, 0.3) is 0 Å². The van der Waals surface area contributed by atoms with Gasteiger partial charge in [0.15, 0.2) is 0 Å². The fourth-order valence-corrected chi connectivity index (χ4v) is 2.68. The summed E-state index contributed by atoms with van der Waals surface area (Å²) in [5.41, 5.74) is 1.15. The summed E-state index contributed by atoms with van der Waals surface area (Å²) in [5, 5.41) is 3.49. The van der Waals surface area contributed by atoms with Crippen LogP contribution in [0.3, 0.4) is 0 Å². The van der Waals surface area contributed by atoms with Gasteiger partial charge in [-0.05, 0) is 63.6 Å². The Bertz CT molecular complexity index is 403. The third-order valence-corrected chi connectivity index (χ3v) is 3.83. The van der Waals surface area contributed by atoms with Gasteiger partial charge in [-0.2, -0.15) is 0 Å². The second-order valence-corrected chi connectivity index (χ2v) is 5.26. The van der Waals surface area contributed by atoms with Crippen LogP contribution < -0.4 is 14.8 Å². The SMILES string of the molecule is COc1ccc(OC)c(CNCCCN2CCCC2)c1. The van der Waals surface area contributed by atoms with Gasteiger partial charge in [0, 0.05) is 12.1 Å². The van der Waals surface area contributed by atoms with Crippen LogP contribution in [-0.4, -0.2) is 45.3 Å². The van der Waals surface area contributed by atoms with E-state index in [1.165, 1.54) is 38.9 Å². The van der Waals surface area contributed by atoms with Crippen molar-refractivity contribution >= 4 is 0 Å². The molecule has 0 aromatic heterocycles. The van der Waals surface area contributed by atoms with Gasteiger partial charge in [-0.15, -0.1) is 0 Å². The molecular formula is C16H26N2O2. The van der Waals surface area contributed by atoms with Gasteiger partial charge in [-0.1, -0.05) is 0 Å². The minimum atomic E-state index is 0.820. The lowest BCUT2D eigenvalue weighted by molar-refractivity contribution is 0.330. The molecule has 0 radical (unpaired) electrons. The van der Waals surface area contributed by atoms with E-state index < -0.39 is 0 Å². The molecule has 0 amide bonds. The molecule has 1 saturated heterocycles. The van der Waals surface area contributed by atoms with Crippen molar-refractivity contribution in [2.75, 3.05) is 40.4 Å². The normalized spacial score (nSPS) is 15.5. The van der Waals surface area contributed by atoms with Crippen LogP contribution in [0.1, 0.15) is 24.8 Å². The minimum absolute atomic E-state index is 0.820. The molecule has 112 valence electrons. The van der Waals surface area contributed by atoms with E-state index in [0.29, 0.717) is 0 Å². The molecule has 4 heteroatoms. The molecule has 4 nitrogen and oxygen atoms in total. The van der Waals surface area contributed by atoms with Crippen molar-refractivity contribution in [1.82, 2.24) is 10.2 Å². The van der Waals surface area contributed by atoms with Crippen LogP contribution in [0.15, 0.2) is 18.2 Å². The van der Waals surface area contributed by atoms with E-state index >= 15 is 0 Å². The number of likely N-dealkylation sites (tertiary alicyclic amines) is 1. The summed E-state index contributed by atoms with van der Waals surface area (Å²) in [6.07, 6.45) is 3.94. The van der Waals surface area contributed by atoms with Crippen LogP contribution >= 0.6 is 0 Å². The Morgan fingerprint density at radius 1 is 1.15 bits per heavy atom. The van der Waals surface area contributed by atoms with Crippen molar-refractivity contribution in [2.45, 2.75) is 25.8 Å². The van der Waals surface area contributed by atoms with Crippen LogP contribution in [0.25, 0.3) is 0 Å². The maximum atomic E-state index is 5.38. The van der Waals surface area contributed by atoms with E-state index in [1.807, 2.05) is 18.2 Å². The van der Waals surface area contributed by atoms with Gasteiger partial charge < -0.3 is 19.7 Å². The molecule has 1 N–H and O–H groups in total. The molecule has 1 aliphatic heterocycles. The van der Waals surface area contributed by atoms with Gasteiger partial charge >= 0.3 is 0 Å². The zero-order valence-electron chi connectivity index (χ0n) is 12.7. The molecule has 2 rings (SSSR count). The van der Waals surface area contributed by atoms with E-state index in [0.717, 1.165) is 30.2 Å². The first-order valence-electron chi connectivity index (χ1n) is 7.47. The number of rotatable bonds is 8. The molecule has 0 atom stereocenters. The fraction of sp³-hybridized carbons (Fsp3) is 0.625. The standard InChI is InChI=1S/C16H26N2O2/c1-19-15-6-7-16(20-2)14(12-15)13-17-8-5-11-18-9-3-4-10-18/h6-7,12,17H,3-5,8-11,13H2,1-2H3. The van der Waals surface area contributed by atoms with E-state index in [1.54, 1.807) is 14.2 Å². The van der Waals surface area contributed by atoms with E-state index in [2.05, 4.69) is 10.2 Å². The summed E-state index contributed by atoms with van der Waals surface area (Å²) in [6.45, 7) is 5.63. The van der Waals surface area contributed by atoms with Gasteiger partial charge in [0.05, 0.1) is 14.2 Å². The summed E-state index contributed by atoms with van der Waals surface area (Å²) >= 11 is 0. The zero-order valence-corrected chi connectivity index (χ0v) is 12.7. The third-order valence-electron chi connectivity index (χ3n) is 3.83. The quantitative estimate of drug-likeness (QED) is 0.740. The Balaban J connectivity index is 1.72. The number of nitrogens with one attached hydrogen (secondary N) is 1. The van der Waals surface area contributed by atoms with Gasteiger partial charge in [-0.3, -0.25) is 0 Å². The lowest BCUT2D eigenvalue weighted by Crippen LogP contribution is -2.24. The molecule has 0 saturated carbocycles. The lowest BCUT2D eigenvalue weighted by atomic mass is 10.2. The average Bonchev–Trinajstić information content (AvgIpc) is 3.00. The summed E-state index contributed by atoms with van der Waals surface area (Å²) < 4.78 is 10.6. The number of ether oxygens (including phenoxy) is 2. The monoisotopic (exact) mass is 278 g/mol. The van der Waals surface area contributed by atoms with E-state index in [4.69, 9.17) is 9.47 Å². The Hall–Kier alpha value is -1.26. The molecule has 0 spiro atoms. The number of hydrogen-bond acceptors (Lipinski definition) is 4. The highest BCUT2D eigenvalue weighted by Gasteiger charge is 2.10. The Labute approximate surface area is 122 Å². The van der Waals surface area contributed by atoms with Crippen molar-refractivity contribution < 1.29 is 9.47 Å². The maximum absolute atomic E-state index is 5.38. The molecular weight excluding hydrogens is 252 g/mol. The first-order valence-corrected chi connectivity index (χ1v) is 7.47. The van der Waals surface area contributed by atoms with Gasteiger partial charge in [-0.25, -0.2) is 0 Å². The first-order chi connectivity index (χ1) is 9.83. The first kappa shape index (κ1) is 15.1. The van der Waals surface area contributed by atoms with Crippen LogP contribution in [0, 0.1) is 0 Å². The number of hydrogen-bond donors (Lipinski definition) is 1. The smallest absolute Gasteiger partial charge is 0.123 e. The molecule has 0 aliphatic carbocycles. The highest BCUT2D eigenvalue weighted by Crippen LogP contribution is 2.23. The predicted octanol–water partition coefficient (Wildman–Crippen LogP) is 2.28. The molecule has 1 aliphatic rings.